The van der Waals surface area contributed by atoms with Crippen molar-refractivity contribution in [1.29, 1.82) is 0 Å². The first-order valence-electron chi connectivity index (χ1n) is 6.42. The van der Waals surface area contributed by atoms with Gasteiger partial charge in [0.05, 0.1) is 11.7 Å². The highest BCUT2D eigenvalue weighted by molar-refractivity contribution is 4.77. The summed E-state index contributed by atoms with van der Waals surface area (Å²) in [5.74, 6) is 0. The van der Waals surface area contributed by atoms with E-state index in [1.165, 1.54) is 0 Å². The van der Waals surface area contributed by atoms with E-state index in [2.05, 4.69) is 41.5 Å². The predicted octanol–water partition coefficient (Wildman–Crippen LogP) is 4.03. The lowest BCUT2D eigenvalue weighted by molar-refractivity contribution is -0.0578. The highest BCUT2D eigenvalue weighted by Gasteiger charge is 2.26. The van der Waals surface area contributed by atoms with Gasteiger partial charge in [0.25, 0.3) is 0 Å². The third kappa shape index (κ3) is 9.17. The highest BCUT2D eigenvalue weighted by atomic mass is 16.5. The van der Waals surface area contributed by atoms with Crippen LogP contribution in [0.25, 0.3) is 0 Å². The fraction of sp³-hybridized carbons (Fsp3) is 1.00. The van der Waals surface area contributed by atoms with Crippen LogP contribution in [0.15, 0.2) is 0 Å². The second kappa shape index (κ2) is 6.61. The molecule has 0 radical (unpaired) electrons. The van der Waals surface area contributed by atoms with Crippen LogP contribution in [-0.4, -0.2) is 24.9 Å². The number of hydrogen-bond acceptors (Lipinski definition) is 2. The summed E-state index contributed by atoms with van der Waals surface area (Å²) >= 11 is 0. The van der Waals surface area contributed by atoms with Gasteiger partial charge in [-0.25, -0.2) is 0 Å². The summed E-state index contributed by atoms with van der Waals surface area (Å²) < 4.78 is 11.4. The molecule has 0 bridgehead atoms. The normalized spacial score (nSPS) is 15.2. The molecule has 0 rings (SSSR count). The molecule has 0 aliphatic rings. The van der Waals surface area contributed by atoms with E-state index in [1.54, 1.807) is 0 Å². The quantitative estimate of drug-likeness (QED) is 0.657. The van der Waals surface area contributed by atoms with Crippen molar-refractivity contribution in [3.8, 4) is 0 Å². The average molecular weight is 230 g/mol. The van der Waals surface area contributed by atoms with Gasteiger partial charge in [-0.15, -0.1) is 0 Å². The lowest BCUT2D eigenvalue weighted by Gasteiger charge is -2.32. The standard InChI is InChI=1S/C14H30O2/c1-8-15-12(2)9-10-16-14(6,7)11-13(3,4)5/h12H,8-11H2,1-7H3. The number of hydrogen-bond donors (Lipinski definition) is 0. The molecule has 2 heteroatoms. The van der Waals surface area contributed by atoms with Crippen molar-refractivity contribution in [3.63, 3.8) is 0 Å². The fourth-order valence-corrected chi connectivity index (χ4v) is 2.20. The first-order chi connectivity index (χ1) is 7.16. The maximum atomic E-state index is 5.94. The van der Waals surface area contributed by atoms with Gasteiger partial charge in [0, 0.05) is 13.2 Å². The Balaban J connectivity index is 3.82. The molecule has 0 heterocycles. The van der Waals surface area contributed by atoms with Crippen LogP contribution >= 0.6 is 0 Å². The Kier molecular flexibility index (Phi) is 6.57. The first kappa shape index (κ1) is 15.9. The minimum Gasteiger partial charge on any atom is -0.379 e. The van der Waals surface area contributed by atoms with Crippen molar-refractivity contribution < 1.29 is 9.47 Å². The van der Waals surface area contributed by atoms with Crippen LogP contribution < -0.4 is 0 Å². The molecule has 0 aromatic carbocycles. The molecule has 0 spiro atoms. The Hall–Kier alpha value is -0.0800. The smallest absolute Gasteiger partial charge is 0.0631 e. The second-order valence-electron chi connectivity index (χ2n) is 6.40. The van der Waals surface area contributed by atoms with E-state index in [9.17, 15) is 0 Å². The van der Waals surface area contributed by atoms with E-state index in [4.69, 9.17) is 9.47 Å². The average Bonchev–Trinajstić information content (AvgIpc) is 1.98. The molecule has 0 aliphatic heterocycles. The second-order valence-corrected chi connectivity index (χ2v) is 6.40. The van der Waals surface area contributed by atoms with Crippen LogP contribution in [0.2, 0.25) is 0 Å². The van der Waals surface area contributed by atoms with Gasteiger partial charge < -0.3 is 9.47 Å². The summed E-state index contributed by atoms with van der Waals surface area (Å²) in [6.45, 7) is 16.8. The summed E-state index contributed by atoms with van der Waals surface area (Å²) in [5, 5.41) is 0. The molecule has 0 saturated carbocycles. The van der Waals surface area contributed by atoms with Gasteiger partial charge in [0.1, 0.15) is 0 Å². The summed E-state index contributed by atoms with van der Waals surface area (Å²) in [6.07, 6.45) is 2.35. The van der Waals surface area contributed by atoms with Crippen LogP contribution in [0.3, 0.4) is 0 Å². The molecule has 0 aromatic rings. The lowest BCUT2D eigenvalue weighted by atomic mass is 9.83. The van der Waals surface area contributed by atoms with Crippen LogP contribution in [0.1, 0.15) is 61.3 Å². The Morgan fingerprint density at radius 1 is 1.06 bits per heavy atom. The summed E-state index contributed by atoms with van der Waals surface area (Å²) in [6, 6.07) is 0. The van der Waals surface area contributed by atoms with Crippen molar-refractivity contribution in [2.24, 2.45) is 5.41 Å². The molecule has 0 fully saturated rings. The van der Waals surface area contributed by atoms with Crippen LogP contribution in [-0.2, 0) is 9.47 Å². The van der Waals surface area contributed by atoms with Gasteiger partial charge in [-0.2, -0.15) is 0 Å². The molecule has 0 aliphatic carbocycles. The fourth-order valence-electron chi connectivity index (χ4n) is 2.20. The molecule has 2 nitrogen and oxygen atoms in total. The van der Waals surface area contributed by atoms with Crippen molar-refractivity contribution >= 4 is 0 Å². The zero-order valence-electron chi connectivity index (χ0n) is 12.2. The zero-order chi connectivity index (χ0) is 12.8. The Labute approximate surface area is 102 Å². The summed E-state index contributed by atoms with van der Waals surface area (Å²) in [7, 11) is 0. The molecule has 1 unspecified atom stereocenters. The molecular formula is C14H30O2. The Morgan fingerprint density at radius 2 is 1.62 bits per heavy atom. The van der Waals surface area contributed by atoms with Gasteiger partial charge in [-0.1, -0.05) is 20.8 Å². The molecule has 0 N–H and O–H groups in total. The van der Waals surface area contributed by atoms with Crippen molar-refractivity contribution in [3.05, 3.63) is 0 Å². The maximum Gasteiger partial charge on any atom is 0.0631 e. The Morgan fingerprint density at radius 3 is 2.06 bits per heavy atom. The topological polar surface area (TPSA) is 18.5 Å². The lowest BCUT2D eigenvalue weighted by Crippen LogP contribution is -2.31. The third-order valence-corrected chi connectivity index (χ3v) is 2.42. The van der Waals surface area contributed by atoms with E-state index >= 15 is 0 Å². The van der Waals surface area contributed by atoms with E-state index < -0.39 is 0 Å². The van der Waals surface area contributed by atoms with E-state index in [0.717, 1.165) is 26.1 Å². The van der Waals surface area contributed by atoms with Gasteiger partial charge >= 0.3 is 0 Å². The summed E-state index contributed by atoms with van der Waals surface area (Å²) in [4.78, 5) is 0. The van der Waals surface area contributed by atoms with Crippen LogP contribution in [0.5, 0.6) is 0 Å². The van der Waals surface area contributed by atoms with E-state index in [1.807, 2.05) is 6.92 Å². The molecule has 98 valence electrons. The zero-order valence-corrected chi connectivity index (χ0v) is 12.2. The molecule has 1 atom stereocenters. The first-order valence-corrected chi connectivity index (χ1v) is 6.42. The minimum absolute atomic E-state index is 0.0375. The van der Waals surface area contributed by atoms with Crippen molar-refractivity contribution in [2.75, 3.05) is 13.2 Å². The van der Waals surface area contributed by atoms with Crippen molar-refractivity contribution in [1.82, 2.24) is 0 Å². The third-order valence-electron chi connectivity index (χ3n) is 2.42. The largest absolute Gasteiger partial charge is 0.379 e. The molecule has 0 saturated heterocycles. The Bertz CT molecular complexity index is 180. The SMILES string of the molecule is CCOC(C)CCOC(C)(C)CC(C)(C)C. The van der Waals surface area contributed by atoms with Gasteiger partial charge in [0.15, 0.2) is 0 Å². The number of ether oxygens (including phenoxy) is 2. The van der Waals surface area contributed by atoms with Gasteiger partial charge in [-0.3, -0.25) is 0 Å². The summed E-state index contributed by atoms with van der Waals surface area (Å²) in [5.41, 5.74) is 0.277. The van der Waals surface area contributed by atoms with Crippen LogP contribution in [0, 0.1) is 5.41 Å². The van der Waals surface area contributed by atoms with E-state index in [-0.39, 0.29) is 5.60 Å². The molecule has 0 aromatic heterocycles. The predicted molar refractivity (Wildman–Crippen MR) is 69.8 cm³/mol. The maximum absolute atomic E-state index is 5.94. The monoisotopic (exact) mass is 230 g/mol. The minimum atomic E-state index is -0.0375. The van der Waals surface area contributed by atoms with E-state index in [0.29, 0.717) is 11.5 Å². The molecule has 0 amide bonds. The van der Waals surface area contributed by atoms with Crippen molar-refractivity contribution in [2.45, 2.75) is 73.0 Å². The molecule has 16 heavy (non-hydrogen) atoms. The number of rotatable bonds is 7. The molecular weight excluding hydrogens is 200 g/mol. The van der Waals surface area contributed by atoms with Gasteiger partial charge in [0.2, 0.25) is 0 Å². The van der Waals surface area contributed by atoms with Gasteiger partial charge in [-0.05, 0) is 46.0 Å². The highest BCUT2D eigenvalue weighted by Crippen LogP contribution is 2.29. The van der Waals surface area contributed by atoms with Crippen LogP contribution in [0.4, 0.5) is 0 Å².